The number of hydrogen-bond donors (Lipinski definition) is 0. The van der Waals surface area contributed by atoms with Gasteiger partial charge < -0.3 is 4.74 Å². The number of ether oxygens (including phenoxy) is 1. The number of halogens is 1. The summed E-state index contributed by atoms with van der Waals surface area (Å²) in [6, 6.07) is 7.89. The Bertz CT molecular complexity index is 383. The summed E-state index contributed by atoms with van der Waals surface area (Å²) in [5.41, 5.74) is 0.664. The van der Waals surface area contributed by atoms with E-state index in [1.165, 1.54) is 7.11 Å². The normalized spacial score (nSPS) is 18.0. The fourth-order valence-corrected chi connectivity index (χ4v) is 2.82. The van der Waals surface area contributed by atoms with Gasteiger partial charge in [0.25, 0.3) is 0 Å². The van der Waals surface area contributed by atoms with Crippen molar-refractivity contribution in [3.05, 3.63) is 34.3 Å². The van der Waals surface area contributed by atoms with Crippen LogP contribution in [-0.2, 0) is 14.9 Å². The smallest absolute Gasteiger partial charge is 0.316 e. The van der Waals surface area contributed by atoms with Gasteiger partial charge in [-0.1, -0.05) is 40.5 Å². The molecule has 1 aliphatic carbocycles. The number of hydrogen-bond acceptors (Lipinski definition) is 2. The highest BCUT2D eigenvalue weighted by Gasteiger charge is 2.47. The van der Waals surface area contributed by atoms with Crippen LogP contribution in [0.5, 0.6) is 0 Å². The molecule has 1 aliphatic rings. The minimum absolute atomic E-state index is 0.111. The monoisotopic (exact) mass is 268 g/mol. The van der Waals surface area contributed by atoms with E-state index in [0.717, 1.165) is 29.3 Å². The lowest BCUT2D eigenvalue weighted by molar-refractivity contribution is -0.151. The van der Waals surface area contributed by atoms with Crippen molar-refractivity contribution in [3.8, 4) is 0 Å². The van der Waals surface area contributed by atoms with Gasteiger partial charge in [-0.05, 0) is 24.5 Å². The predicted molar refractivity (Wildman–Crippen MR) is 61.7 cm³/mol. The standard InChI is InChI=1S/C12H13BrO2/c1-15-11(14)12(7-4-8-12)9-5-2-3-6-10(9)13/h2-3,5-6H,4,7-8H2,1H3. The zero-order valence-electron chi connectivity index (χ0n) is 8.63. The van der Waals surface area contributed by atoms with Gasteiger partial charge in [0.2, 0.25) is 0 Å². The van der Waals surface area contributed by atoms with Crippen molar-refractivity contribution in [2.24, 2.45) is 0 Å². The Balaban J connectivity index is 2.43. The van der Waals surface area contributed by atoms with Crippen LogP contribution in [0.25, 0.3) is 0 Å². The van der Waals surface area contributed by atoms with E-state index < -0.39 is 5.41 Å². The fraction of sp³-hybridized carbons (Fsp3) is 0.417. The third kappa shape index (κ3) is 1.59. The Hall–Kier alpha value is -0.830. The zero-order valence-corrected chi connectivity index (χ0v) is 10.2. The second-order valence-corrected chi connectivity index (χ2v) is 4.76. The minimum atomic E-state index is -0.394. The first-order valence-corrected chi connectivity index (χ1v) is 5.83. The van der Waals surface area contributed by atoms with Crippen LogP contribution >= 0.6 is 15.9 Å². The van der Waals surface area contributed by atoms with Crippen LogP contribution in [0.1, 0.15) is 24.8 Å². The first kappa shape index (κ1) is 10.7. The second-order valence-electron chi connectivity index (χ2n) is 3.91. The maximum atomic E-state index is 11.8. The highest BCUT2D eigenvalue weighted by molar-refractivity contribution is 9.10. The van der Waals surface area contributed by atoms with Gasteiger partial charge in [-0.2, -0.15) is 0 Å². The van der Waals surface area contributed by atoms with Gasteiger partial charge >= 0.3 is 5.97 Å². The molecular formula is C12H13BrO2. The molecule has 0 amide bonds. The molecule has 0 saturated heterocycles. The fourth-order valence-electron chi connectivity index (χ4n) is 2.16. The average Bonchev–Trinajstić information content (AvgIpc) is 2.19. The first-order valence-electron chi connectivity index (χ1n) is 5.04. The van der Waals surface area contributed by atoms with E-state index in [1.54, 1.807) is 0 Å². The van der Waals surface area contributed by atoms with E-state index in [-0.39, 0.29) is 5.97 Å². The van der Waals surface area contributed by atoms with Gasteiger partial charge in [0.1, 0.15) is 0 Å². The van der Waals surface area contributed by atoms with Gasteiger partial charge in [0.15, 0.2) is 0 Å². The molecule has 0 heterocycles. The summed E-state index contributed by atoms with van der Waals surface area (Å²) in [5, 5.41) is 0. The van der Waals surface area contributed by atoms with Crippen LogP contribution in [0.2, 0.25) is 0 Å². The molecule has 1 saturated carbocycles. The first-order chi connectivity index (χ1) is 7.20. The van der Waals surface area contributed by atoms with Crippen molar-refractivity contribution in [2.75, 3.05) is 7.11 Å². The third-order valence-corrected chi connectivity index (χ3v) is 3.86. The maximum Gasteiger partial charge on any atom is 0.316 e. The van der Waals surface area contributed by atoms with E-state index in [4.69, 9.17) is 4.74 Å². The van der Waals surface area contributed by atoms with Gasteiger partial charge in [-0.3, -0.25) is 4.79 Å². The average molecular weight is 269 g/mol. The van der Waals surface area contributed by atoms with E-state index >= 15 is 0 Å². The lowest BCUT2D eigenvalue weighted by Gasteiger charge is -2.39. The van der Waals surface area contributed by atoms with E-state index in [9.17, 15) is 4.79 Å². The Kier molecular flexibility index (Phi) is 2.83. The van der Waals surface area contributed by atoms with Crippen molar-refractivity contribution >= 4 is 21.9 Å². The van der Waals surface area contributed by atoms with Gasteiger partial charge in [-0.15, -0.1) is 0 Å². The van der Waals surface area contributed by atoms with Crippen LogP contribution in [0.15, 0.2) is 28.7 Å². The predicted octanol–water partition coefficient (Wildman–Crippen LogP) is 3.04. The SMILES string of the molecule is COC(=O)C1(c2ccccc2Br)CCC1. The van der Waals surface area contributed by atoms with E-state index in [0.29, 0.717) is 0 Å². The minimum Gasteiger partial charge on any atom is -0.468 e. The molecular weight excluding hydrogens is 256 g/mol. The molecule has 0 atom stereocenters. The van der Waals surface area contributed by atoms with Crippen molar-refractivity contribution in [3.63, 3.8) is 0 Å². The highest BCUT2D eigenvalue weighted by atomic mass is 79.9. The van der Waals surface area contributed by atoms with Crippen LogP contribution in [0.3, 0.4) is 0 Å². The number of rotatable bonds is 2. The number of esters is 1. The Morgan fingerprint density at radius 3 is 2.53 bits per heavy atom. The Labute approximate surface area is 97.8 Å². The molecule has 1 aromatic carbocycles. The molecule has 1 aromatic rings. The molecule has 2 nitrogen and oxygen atoms in total. The van der Waals surface area contributed by atoms with Crippen LogP contribution < -0.4 is 0 Å². The van der Waals surface area contributed by atoms with Gasteiger partial charge in [0, 0.05) is 4.47 Å². The summed E-state index contributed by atoms with van der Waals surface area (Å²) in [4.78, 5) is 11.8. The molecule has 0 aliphatic heterocycles. The maximum absolute atomic E-state index is 11.8. The molecule has 0 aromatic heterocycles. The van der Waals surface area contributed by atoms with E-state index in [1.807, 2.05) is 24.3 Å². The molecule has 0 N–H and O–H groups in total. The van der Waals surface area contributed by atoms with Crippen LogP contribution in [0.4, 0.5) is 0 Å². The Morgan fingerprint density at radius 2 is 2.07 bits per heavy atom. The topological polar surface area (TPSA) is 26.3 Å². The molecule has 0 bridgehead atoms. The third-order valence-electron chi connectivity index (χ3n) is 3.17. The molecule has 15 heavy (non-hydrogen) atoms. The van der Waals surface area contributed by atoms with Crippen molar-refractivity contribution in [1.82, 2.24) is 0 Å². The molecule has 0 spiro atoms. The number of methoxy groups -OCH3 is 1. The van der Waals surface area contributed by atoms with Crippen molar-refractivity contribution in [1.29, 1.82) is 0 Å². The summed E-state index contributed by atoms with van der Waals surface area (Å²) in [5.74, 6) is -0.111. The largest absolute Gasteiger partial charge is 0.468 e. The summed E-state index contributed by atoms with van der Waals surface area (Å²) in [6.45, 7) is 0. The second kappa shape index (κ2) is 3.97. The quantitative estimate of drug-likeness (QED) is 0.771. The number of benzene rings is 1. The summed E-state index contributed by atoms with van der Waals surface area (Å²) >= 11 is 3.50. The van der Waals surface area contributed by atoms with Crippen molar-refractivity contribution < 1.29 is 9.53 Å². The number of carbonyl (C=O) groups excluding carboxylic acids is 1. The van der Waals surface area contributed by atoms with Crippen LogP contribution in [0, 0.1) is 0 Å². The molecule has 1 fully saturated rings. The molecule has 80 valence electrons. The van der Waals surface area contributed by atoms with E-state index in [2.05, 4.69) is 15.9 Å². The lowest BCUT2D eigenvalue weighted by Crippen LogP contribution is -2.43. The lowest BCUT2D eigenvalue weighted by atomic mass is 9.64. The highest BCUT2D eigenvalue weighted by Crippen LogP contribution is 2.46. The van der Waals surface area contributed by atoms with Crippen LogP contribution in [-0.4, -0.2) is 13.1 Å². The van der Waals surface area contributed by atoms with Gasteiger partial charge in [0.05, 0.1) is 12.5 Å². The van der Waals surface area contributed by atoms with Crippen molar-refractivity contribution in [2.45, 2.75) is 24.7 Å². The number of carbonyl (C=O) groups is 1. The molecule has 3 heteroatoms. The molecule has 0 unspecified atom stereocenters. The van der Waals surface area contributed by atoms with Gasteiger partial charge in [-0.25, -0.2) is 0 Å². The Morgan fingerprint density at radius 1 is 1.40 bits per heavy atom. The zero-order chi connectivity index (χ0) is 10.9. The summed E-state index contributed by atoms with van der Waals surface area (Å²) in [6.07, 6.45) is 2.88. The summed E-state index contributed by atoms with van der Waals surface area (Å²) < 4.78 is 5.90. The summed E-state index contributed by atoms with van der Waals surface area (Å²) in [7, 11) is 1.46. The molecule has 2 rings (SSSR count). The molecule has 0 radical (unpaired) electrons.